The number of aromatic nitrogens is 3. The maximum absolute atomic E-state index is 9.43. The largest absolute Gasteiger partial charge is 0.391 e. The Morgan fingerprint density at radius 1 is 1.64 bits per heavy atom. The molecule has 1 unspecified atom stereocenters. The molecule has 0 radical (unpaired) electrons. The van der Waals surface area contributed by atoms with E-state index < -0.39 is 6.10 Å². The van der Waals surface area contributed by atoms with Gasteiger partial charge in [-0.25, -0.2) is 4.98 Å². The van der Waals surface area contributed by atoms with Gasteiger partial charge in [0.05, 0.1) is 12.7 Å². The molecule has 0 saturated carbocycles. The molecule has 1 rings (SSSR count). The molecule has 14 heavy (non-hydrogen) atoms. The maximum Gasteiger partial charge on any atom is 0.138 e. The molecule has 5 nitrogen and oxygen atoms in total. The summed E-state index contributed by atoms with van der Waals surface area (Å²) in [7, 11) is 1.58. The van der Waals surface area contributed by atoms with Gasteiger partial charge in [0.1, 0.15) is 12.2 Å². The summed E-state index contributed by atoms with van der Waals surface area (Å²) < 4.78 is 6.67. The third-order valence-electron chi connectivity index (χ3n) is 2.06. The van der Waals surface area contributed by atoms with Crippen molar-refractivity contribution < 1.29 is 9.84 Å². The standard InChI is InChI=1S/C9H17N3O2/c1-3-12-9(10-7-11-12)5-4-8(13)6-14-2/h7-8,13H,3-6H2,1-2H3. The van der Waals surface area contributed by atoms with Crippen molar-refractivity contribution in [3.05, 3.63) is 12.2 Å². The fourth-order valence-electron chi connectivity index (χ4n) is 1.32. The van der Waals surface area contributed by atoms with Crippen LogP contribution in [0.15, 0.2) is 6.33 Å². The molecule has 0 bridgehead atoms. The Balaban J connectivity index is 2.37. The normalized spacial score (nSPS) is 13.1. The number of rotatable bonds is 6. The zero-order valence-corrected chi connectivity index (χ0v) is 8.68. The highest BCUT2D eigenvalue weighted by Gasteiger charge is 2.07. The summed E-state index contributed by atoms with van der Waals surface area (Å²) in [5.41, 5.74) is 0. The van der Waals surface area contributed by atoms with Crippen LogP contribution >= 0.6 is 0 Å². The number of ether oxygens (including phenoxy) is 1. The van der Waals surface area contributed by atoms with E-state index in [9.17, 15) is 5.11 Å². The molecule has 0 amide bonds. The number of hydrogen-bond donors (Lipinski definition) is 1. The third kappa shape index (κ3) is 3.08. The topological polar surface area (TPSA) is 60.2 Å². The van der Waals surface area contributed by atoms with Crippen LogP contribution < -0.4 is 0 Å². The lowest BCUT2D eigenvalue weighted by atomic mass is 10.2. The fraction of sp³-hybridized carbons (Fsp3) is 0.778. The molecule has 5 heteroatoms. The van der Waals surface area contributed by atoms with Crippen LogP contribution in [-0.4, -0.2) is 39.7 Å². The van der Waals surface area contributed by atoms with Gasteiger partial charge in [-0.05, 0) is 13.3 Å². The molecule has 1 N–H and O–H groups in total. The van der Waals surface area contributed by atoms with Crippen molar-refractivity contribution in [1.29, 1.82) is 0 Å². The lowest BCUT2D eigenvalue weighted by Crippen LogP contribution is -2.16. The van der Waals surface area contributed by atoms with Crippen molar-refractivity contribution in [1.82, 2.24) is 14.8 Å². The SMILES string of the molecule is CCn1ncnc1CCC(O)COC. The molecule has 0 spiro atoms. The molecule has 0 aliphatic heterocycles. The van der Waals surface area contributed by atoms with Gasteiger partial charge < -0.3 is 9.84 Å². The number of aryl methyl sites for hydroxylation is 2. The minimum Gasteiger partial charge on any atom is -0.391 e. The highest BCUT2D eigenvalue weighted by Crippen LogP contribution is 2.02. The predicted molar refractivity (Wildman–Crippen MR) is 51.9 cm³/mol. The fourth-order valence-corrected chi connectivity index (χ4v) is 1.32. The summed E-state index contributed by atoms with van der Waals surface area (Å²) in [6.45, 7) is 3.21. The Kier molecular flexibility index (Phi) is 4.55. The van der Waals surface area contributed by atoms with Gasteiger partial charge in [-0.1, -0.05) is 0 Å². The second-order valence-electron chi connectivity index (χ2n) is 3.14. The number of nitrogens with zero attached hydrogens (tertiary/aromatic N) is 3. The van der Waals surface area contributed by atoms with Gasteiger partial charge >= 0.3 is 0 Å². The zero-order valence-electron chi connectivity index (χ0n) is 8.68. The van der Waals surface area contributed by atoms with Crippen LogP contribution in [0.25, 0.3) is 0 Å². The third-order valence-corrected chi connectivity index (χ3v) is 2.06. The molecule has 0 aliphatic rings. The van der Waals surface area contributed by atoms with E-state index in [1.165, 1.54) is 0 Å². The molecule has 0 aliphatic carbocycles. The van der Waals surface area contributed by atoms with Crippen molar-refractivity contribution in [2.45, 2.75) is 32.4 Å². The van der Waals surface area contributed by atoms with E-state index in [0.717, 1.165) is 18.8 Å². The highest BCUT2D eigenvalue weighted by molar-refractivity contribution is 4.85. The van der Waals surface area contributed by atoms with Crippen molar-refractivity contribution >= 4 is 0 Å². The van der Waals surface area contributed by atoms with E-state index in [1.54, 1.807) is 13.4 Å². The second-order valence-corrected chi connectivity index (χ2v) is 3.14. The summed E-state index contributed by atoms with van der Waals surface area (Å²) in [6.07, 6.45) is 2.52. The predicted octanol–water partition coefficient (Wildman–Crippen LogP) is 0.238. The van der Waals surface area contributed by atoms with Crippen molar-refractivity contribution in [3.8, 4) is 0 Å². The molecule has 1 heterocycles. The van der Waals surface area contributed by atoms with Gasteiger partial charge in [-0.15, -0.1) is 0 Å². The Morgan fingerprint density at radius 2 is 2.43 bits per heavy atom. The van der Waals surface area contributed by atoms with Gasteiger partial charge in [0.2, 0.25) is 0 Å². The molecule has 1 atom stereocenters. The number of aliphatic hydroxyl groups excluding tert-OH is 1. The Morgan fingerprint density at radius 3 is 3.07 bits per heavy atom. The smallest absolute Gasteiger partial charge is 0.138 e. The minimum atomic E-state index is -0.415. The van der Waals surface area contributed by atoms with E-state index in [4.69, 9.17) is 4.74 Å². The summed E-state index contributed by atoms with van der Waals surface area (Å²) in [6, 6.07) is 0. The Labute approximate surface area is 83.7 Å². The van der Waals surface area contributed by atoms with Gasteiger partial charge in [-0.3, -0.25) is 4.68 Å². The Bertz CT molecular complexity index is 262. The number of methoxy groups -OCH3 is 1. The highest BCUT2D eigenvalue weighted by atomic mass is 16.5. The first-order chi connectivity index (χ1) is 6.77. The van der Waals surface area contributed by atoms with Gasteiger partial charge in [-0.2, -0.15) is 5.10 Å². The van der Waals surface area contributed by atoms with Gasteiger partial charge in [0.25, 0.3) is 0 Å². The summed E-state index contributed by atoms with van der Waals surface area (Å²) in [5, 5.41) is 13.5. The first-order valence-electron chi connectivity index (χ1n) is 4.81. The van der Waals surface area contributed by atoms with Crippen molar-refractivity contribution in [2.24, 2.45) is 0 Å². The zero-order chi connectivity index (χ0) is 10.4. The molecule has 1 aromatic heterocycles. The van der Waals surface area contributed by atoms with Crippen LogP contribution in [0.2, 0.25) is 0 Å². The summed E-state index contributed by atoms with van der Waals surface area (Å²) in [4.78, 5) is 4.12. The lowest BCUT2D eigenvalue weighted by molar-refractivity contribution is 0.0590. The van der Waals surface area contributed by atoms with Crippen LogP contribution in [0.1, 0.15) is 19.2 Å². The lowest BCUT2D eigenvalue weighted by Gasteiger charge is -2.08. The Hall–Kier alpha value is -0.940. The minimum absolute atomic E-state index is 0.375. The van der Waals surface area contributed by atoms with E-state index in [2.05, 4.69) is 10.1 Å². The first-order valence-corrected chi connectivity index (χ1v) is 4.81. The maximum atomic E-state index is 9.43. The van der Waals surface area contributed by atoms with E-state index in [1.807, 2.05) is 11.6 Å². The van der Waals surface area contributed by atoms with E-state index in [-0.39, 0.29) is 0 Å². The molecule has 0 fully saturated rings. The first kappa shape index (κ1) is 11.1. The molecule has 0 saturated heterocycles. The van der Waals surface area contributed by atoms with E-state index in [0.29, 0.717) is 13.0 Å². The summed E-state index contributed by atoms with van der Waals surface area (Å²) in [5.74, 6) is 0.919. The molecule has 1 aromatic rings. The molecular formula is C9H17N3O2. The molecular weight excluding hydrogens is 182 g/mol. The average Bonchev–Trinajstić information content (AvgIpc) is 2.62. The van der Waals surface area contributed by atoms with Crippen molar-refractivity contribution in [3.63, 3.8) is 0 Å². The number of aliphatic hydroxyl groups is 1. The average molecular weight is 199 g/mol. The van der Waals surface area contributed by atoms with Crippen LogP contribution in [-0.2, 0) is 17.7 Å². The second kappa shape index (κ2) is 5.72. The monoisotopic (exact) mass is 199 g/mol. The van der Waals surface area contributed by atoms with Crippen molar-refractivity contribution in [2.75, 3.05) is 13.7 Å². The van der Waals surface area contributed by atoms with Crippen LogP contribution in [0.3, 0.4) is 0 Å². The van der Waals surface area contributed by atoms with Crippen LogP contribution in [0.5, 0.6) is 0 Å². The number of hydrogen-bond acceptors (Lipinski definition) is 4. The molecule has 0 aromatic carbocycles. The summed E-state index contributed by atoms with van der Waals surface area (Å²) >= 11 is 0. The molecule has 80 valence electrons. The van der Waals surface area contributed by atoms with Gasteiger partial charge in [0, 0.05) is 20.1 Å². The van der Waals surface area contributed by atoms with Crippen LogP contribution in [0, 0.1) is 0 Å². The van der Waals surface area contributed by atoms with E-state index >= 15 is 0 Å². The quantitative estimate of drug-likeness (QED) is 0.713. The van der Waals surface area contributed by atoms with Gasteiger partial charge in [0.15, 0.2) is 0 Å². The van der Waals surface area contributed by atoms with Crippen LogP contribution in [0.4, 0.5) is 0 Å².